The third-order valence-electron chi connectivity index (χ3n) is 4.39. The van der Waals surface area contributed by atoms with Gasteiger partial charge in [-0.05, 0) is 19.3 Å². The summed E-state index contributed by atoms with van der Waals surface area (Å²) < 4.78 is 13.9. The molecule has 0 spiro atoms. The molecule has 1 saturated heterocycles. The zero-order valence-corrected chi connectivity index (χ0v) is 13.1. The van der Waals surface area contributed by atoms with Crippen LogP contribution in [-0.2, 0) is 9.59 Å². The van der Waals surface area contributed by atoms with E-state index in [9.17, 15) is 14.0 Å². The van der Waals surface area contributed by atoms with Crippen molar-refractivity contribution in [3.05, 3.63) is 12.7 Å². The topological polar surface area (TPSA) is 65.3 Å². The van der Waals surface area contributed by atoms with Gasteiger partial charge in [0.1, 0.15) is 0 Å². The molecule has 7 heteroatoms. The molecule has 1 atom stereocenters. The highest BCUT2D eigenvalue weighted by atomic mass is 19.1. The molecule has 1 aliphatic carbocycles. The molecule has 0 radical (unpaired) electrons. The quantitative estimate of drug-likeness (QED) is 0.731. The summed E-state index contributed by atoms with van der Waals surface area (Å²) in [7, 11) is 0. The monoisotopic (exact) mass is 320 g/mol. The van der Waals surface area contributed by atoms with E-state index >= 15 is 0 Å². The Bertz CT molecular complexity index is 575. The van der Waals surface area contributed by atoms with Gasteiger partial charge in [0.15, 0.2) is 0 Å². The lowest BCUT2D eigenvalue weighted by atomic mass is 10.1. The molecule has 124 valence electrons. The number of nitrogens with zero attached hydrogens (tertiary/aromatic N) is 4. The number of allylic oxidation sites excluding steroid dienone is 1. The number of guanidine groups is 1. The third-order valence-corrected chi connectivity index (χ3v) is 4.39. The van der Waals surface area contributed by atoms with E-state index in [1.807, 2.05) is 4.90 Å². The zero-order valence-electron chi connectivity index (χ0n) is 13.1. The van der Waals surface area contributed by atoms with E-state index in [1.165, 1.54) is 0 Å². The van der Waals surface area contributed by atoms with E-state index in [2.05, 4.69) is 16.6 Å². The van der Waals surface area contributed by atoms with Crippen molar-refractivity contribution in [2.45, 2.75) is 31.9 Å². The Morgan fingerprint density at radius 1 is 1.26 bits per heavy atom. The predicted octanol–water partition coefficient (Wildman–Crippen LogP) is 1.18. The Kier molecular flexibility index (Phi) is 4.54. The van der Waals surface area contributed by atoms with Gasteiger partial charge in [0.25, 0.3) is 5.91 Å². The number of carbonyl (C=O) groups excluding carboxylic acids is 2. The van der Waals surface area contributed by atoms with Gasteiger partial charge in [0, 0.05) is 38.5 Å². The van der Waals surface area contributed by atoms with E-state index < -0.39 is 12.1 Å². The van der Waals surface area contributed by atoms with Crippen LogP contribution in [0.4, 0.5) is 4.39 Å². The second-order valence-corrected chi connectivity index (χ2v) is 6.12. The van der Waals surface area contributed by atoms with E-state index in [1.54, 1.807) is 11.0 Å². The van der Waals surface area contributed by atoms with Crippen LogP contribution >= 0.6 is 0 Å². The third kappa shape index (κ3) is 3.48. The molecule has 0 bridgehead atoms. The van der Waals surface area contributed by atoms with Gasteiger partial charge in [-0.25, -0.2) is 9.38 Å². The van der Waals surface area contributed by atoms with Gasteiger partial charge in [0.2, 0.25) is 18.0 Å². The normalized spacial score (nSPS) is 25.1. The summed E-state index contributed by atoms with van der Waals surface area (Å²) in [6, 6.07) is 0. The summed E-state index contributed by atoms with van der Waals surface area (Å²) >= 11 is 0. The molecule has 2 fully saturated rings. The lowest BCUT2D eigenvalue weighted by molar-refractivity contribution is -0.132. The average molecular weight is 320 g/mol. The number of hydrogen-bond donors (Lipinski definition) is 0. The van der Waals surface area contributed by atoms with Crippen molar-refractivity contribution >= 4 is 23.5 Å². The maximum Gasteiger partial charge on any atom is 0.289 e. The van der Waals surface area contributed by atoms with E-state index in [-0.39, 0.29) is 11.8 Å². The summed E-state index contributed by atoms with van der Waals surface area (Å²) in [5, 5.41) is 0. The maximum absolute atomic E-state index is 13.9. The van der Waals surface area contributed by atoms with Crippen LogP contribution in [0.15, 0.2) is 22.6 Å². The smallest absolute Gasteiger partial charge is 0.289 e. The summed E-state index contributed by atoms with van der Waals surface area (Å²) in [4.78, 5) is 35.5. The van der Waals surface area contributed by atoms with Crippen LogP contribution in [-0.4, -0.2) is 65.6 Å². The Balaban J connectivity index is 1.61. The molecular weight excluding hydrogens is 299 g/mol. The Hall–Kier alpha value is -2.05. The number of rotatable bonds is 4. The SMILES string of the molecule is C=CCCC(=O)N1CCN(C2=NC(=O)C(F)C(C3CC3)=N2)CC1. The molecule has 1 unspecified atom stereocenters. The second-order valence-electron chi connectivity index (χ2n) is 6.12. The first-order valence-electron chi connectivity index (χ1n) is 8.09. The van der Waals surface area contributed by atoms with Gasteiger partial charge in [-0.2, -0.15) is 4.99 Å². The molecule has 0 aromatic heterocycles. The van der Waals surface area contributed by atoms with E-state index in [0.717, 1.165) is 12.8 Å². The average Bonchev–Trinajstić information content (AvgIpc) is 3.40. The minimum Gasteiger partial charge on any atom is -0.339 e. The number of hydrogen-bond acceptors (Lipinski definition) is 4. The molecule has 0 aromatic carbocycles. The summed E-state index contributed by atoms with van der Waals surface area (Å²) in [6.45, 7) is 5.87. The van der Waals surface area contributed by atoms with Crippen LogP contribution in [0.5, 0.6) is 0 Å². The number of piperazine rings is 1. The molecule has 3 aliphatic rings. The minimum atomic E-state index is -1.67. The maximum atomic E-state index is 13.9. The summed E-state index contributed by atoms with van der Waals surface area (Å²) in [6.07, 6.45) is 2.99. The summed E-state index contributed by atoms with van der Waals surface area (Å²) in [5.41, 5.74) is 0.337. The van der Waals surface area contributed by atoms with Crippen LogP contribution in [0.1, 0.15) is 25.7 Å². The Morgan fingerprint density at radius 3 is 2.57 bits per heavy atom. The van der Waals surface area contributed by atoms with E-state index in [0.29, 0.717) is 50.7 Å². The molecule has 0 N–H and O–H groups in total. The lowest BCUT2D eigenvalue weighted by Crippen LogP contribution is -2.51. The number of halogens is 1. The predicted molar refractivity (Wildman–Crippen MR) is 85.1 cm³/mol. The first kappa shape index (κ1) is 15.8. The molecule has 2 aliphatic heterocycles. The van der Waals surface area contributed by atoms with Gasteiger partial charge in [-0.1, -0.05) is 6.08 Å². The fourth-order valence-electron chi connectivity index (χ4n) is 2.84. The number of aliphatic imine (C=N–C) groups is 2. The Morgan fingerprint density at radius 2 is 1.96 bits per heavy atom. The second kappa shape index (κ2) is 6.60. The van der Waals surface area contributed by atoms with E-state index in [4.69, 9.17) is 0 Å². The molecule has 2 amide bonds. The number of carbonyl (C=O) groups is 2. The van der Waals surface area contributed by atoms with Crippen molar-refractivity contribution < 1.29 is 14.0 Å². The van der Waals surface area contributed by atoms with Crippen LogP contribution in [0, 0.1) is 5.92 Å². The van der Waals surface area contributed by atoms with Gasteiger partial charge >= 0.3 is 0 Å². The first-order valence-corrected chi connectivity index (χ1v) is 8.09. The van der Waals surface area contributed by atoms with Crippen molar-refractivity contribution in [2.24, 2.45) is 15.9 Å². The molecular formula is C16H21FN4O2. The van der Waals surface area contributed by atoms with Crippen LogP contribution in [0.2, 0.25) is 0 Å². The fourth-order valence-corrected chi connectivity index (χ4v) is 2.84. The van der Waals surface area contributed by atoms with Crippen molar-refractivity contribution in [1.29, 1.82) is 0 Å². The highest BCUT2D eigenvalue weighted by molar-refractivity contribution is 6.18. The van der Waals surface area contributed by atoms with Crippen molar-refractivity contribution in [1.82, 2.24) is 9.80 Å². The molecule has 0 aromatic rings. The van der Waals surface area contributed by atoms with Crippen LogP contribution < -0.4 is 0 Å². The Labute approximate surface area is 134 Å². The lowest BCUT2D eigenvalue weighted by Gasteiger charge is -2.36. The molecule has 23 heavy (non-hydrogen) atoms. The first-order chi connectivity index (χ1) is 11.1. The number of alkyl halides is 1. The van der Waals surface area contributed by atoms with Crippen molar-refractivity contribution in [3.63, 3.8) is 0 Å². The van der Waals surface area contributed by atoms with Crippen molar-refractivity contribution in [3.8, 4) is 0 Å². The molecule has 2 heterocycles. The fraction of sp³-hybridized carbons (Fsp3) is 0.625. The van der Waals surface area contributed by atoms with Crippen LogP contribution in [0.3, 0.4) is 0 Å². The van der Waals surface area contributed by atoms with Gasteiger partial charge < -0.3 is 9.80 Å². The molecule has 1 saturated carbocycles. The summed E-state index contributed by atoms with van der Waals surface area (Å²) in [5.74, 6) is -0.233. The standard InChI is InChI=1S/C16H21FN4O2/c1-2-3-4-12(22)20-7-9-21(10-8-20)16-18-14(11-5-6-11)13(17)15(23)19-16/h2,11,13H,1,3-10H2. The highest BCUT2D eigenvalue weighted by Gasteiger charge is 2.40. The largest absolute Gasteiger partial charge is 0.339 e. The molecule has 6 nitrogen and oxygen atoms in total. The molecule has 3 rings (SSSR count). The van der Waals surface area contributed by atoms with Crippen molar-refractivity contribution in [2.75, 3.05) is 26.2 Å². The highest BCUT2D eigenvalue weighted by Crippen LogP contribution is 2.34. The zero-order chi connectivity index (χ0) is 16.4. The van der Waals surface area contributed by atoms with Gasteiger partial charge in [-0.15, -0.1) is 6.58 Å². The van der Waals surface area contributed by atoms with Gasteiger partial charge in [-0.3, -0.25) is 9.59 Å². The van der Waals surface area contributed by atoms with Gasteiger partial charge in [0.05, 0.1) is 5.71 Å². The number of amides is 2. The minimum absolute atomic E-state index is 0.0984. The van der Waals surface area contributed by atoms with Crippen LogP contribution in [0.25, 0.3) is 0 Å².